The minimum atomic E-state index is -0.346. The van der Waals surface area contributed by atoms with Crippen LogP contribution in [0.3, 0.4) is 0 Å². The summed E-state index contributed by atoms with van der Waals surface area (Å²) in [4.78, 5) is 17.8. The van der Waals surface area contributed by atoms with E-state index in [9.17, 15) is 4.79 Å². The van der Waals surface area contributed by atoms with Gasteiger partial charge in [0.1, 0.15) is 12.4 Å². The van der Waals surface area contributed by atoms with Crippen molar-refractivity contribution in [2.45, 2.75) is 0 Å². The van der Waals surface area contributed by atoms with Gasteiger partial charge in [-0.25, -0.2) is 9.48 Å². The molecule has 9 nitrogen and oxygen atoms in total. The van der Waals surface area contributed by atoms with Gasteiger partial charge < -0.3 is 24.8 Å². The monoisotopic (exact) mass is 465 g/mol. The molecular weight excluding hydrogens is 442 g/mol. The highest BCUT2D eigenvalue weighted by atomic mass is 32.1. The van der Waals surface area contributed by atoms with Crippen LogP contribution >= 0.6 is 11.3 Å². The molecule has 10 heteroatoms. The molecule has 33 heavy (non-hydrogen) atoms. The van der Waals surface area contributed by atoms with Gasteiger partial charge in [-0.05, 0) is 60.0 Å². The molecule has 0 fully saturated rings. The van der Waals surface area contributed by atoms with Gasteiger partial charge in [0, 0.05) is 18.5 Å². The molecule has 0 saturated carbocycles. The van der Waals surface area contributed by atoms with Crippen LogP contribution in [0.4, 0.5) is 16.2 Å². The van der Waals surface area contributed by atoms with Crippen LogP contribution in [0, 0.1) is 0 Å². The molecule has 0 atom stereocenters. The lowest BCUT2D eigenvalue weighted by molar-refractivity contribution is 0.141. The van der Waals surface area contributed by atoms with Crippen molar-refractivity contribution in [2.75, 3.05) is 38.1 Å². The number of anilines is 2. The number of nitrogens with one attached hydrogen (secondary N) is 2. The molecule has 4 aromatic rings. The van der Waals surface area contributed by atoms with E-state index < -0.39 is 0 Å². The first-order valence-corrected chi connectivity index (χ1v) is 11.0. The first-order chi connectivity index (χ1) is 16.2. The number of rotatable bonds is 9. The summed E-state index contributed by atoms with van der Waals surface area (Å²) in [6.07, 6.45) is 0. The number of hydrogen-bond acceptors (Lipinski definition) is 7. The quantitative estimate of drug-likeness (QED) is 0.349. The van der Waals surface area contributed by atoms with Crippen LogP contribution < -0.4 is 20.1 Å². The Hall–Kier alpha value is -3.89. The third-order valence-corrected chi connectivity index (χ3v) is 5.43. The Morgan fingerprint density at radius 2 is 1.67 bits per heavy atom. The number of methoxy groups -OCH3 is 2. The molecule has 0 aliphatic carbocycles. The Bertz CT molecular complexity index is 1170. The molecule has 0 bridgehead atoms. The third-order valence-electron chi connectivity index (χ3n) is 4.57. The van der Waals surface area contributed by atoms with E-state index in [4.69, 9.17) is 14.2 Å². The van der Waals surface area contributed by atoms with Crippen LogP contribution in [0.1, 0.15) is 0 Å². The average molecular weight is 466 g/mol. The maximum atomic E-state index is 12.3. The largest absolute Gasteiger partial charge is 0.497 e. The van der Waals surface area contributed by atoms with Crippen molar-refractivity contribution >= 4 is 28.7 Å². The Balaban J connectivity index is 1.47. The van der Waals surface area contributed by atoms with Crippen LogP contribution in [-0.4, -0.2) is 48.2 Å². The smallest absolute Gasteiger partial charge is 0.336 e. The maximum absolute atomic E-state index is 12.3. The Labute approximate surface area is 194 Å². The normalized spacial score (nSPS) is 10.6. The Morgan fingerprint density at radius 3 is 2.27 bits per heavy atom. The number of carbonyl (C=O) groups is 1. The molecule has 0 aliphatic rings. The molecule has 0 saturated heterocycles. The van der Waals surface area contributed by atoms with E-state index in [0.717, 1.165) is 16.3 Å². The average Bonchev–Trinajstić information content (AvgIpc) is 3.50. The lowest BCUT2D eigenvalue weighted by Crippen LogP contribution is -2.19. The summed E-state index contributed by atoms with van der Waals surface area (Å²) in [6.45, 7) is 0.804. The number of carbonyl (C=O) groups excluding carboxylic acids is 1. The third kappa shape index (κ3) is 5.68. The van der Waals surface area contributed by atoms with Gasteiger partial charge in [0.25, 0.3) is 0 Å². The highest BCUT2D eigenvalue weighted by Gasteiger charge is 2.16. The molecular formula is C23H23N5O4S. The van der Waals surface area contributed by atoms with Gasteiger partial charge in [-0.15, -0.1) is 16.4 Å². The fourth-order valence-corrected chi connectivity index (χ4v) is 3.67. The zero-order chi connectivity index (χ0) is 23.0. The minimum absolute atomic E-state index is 0.275. The van der Waals surface area contributed by atoms with Crippen LogP contribution in [-0.2, 0) is 4.74 Å². The van der Waals surface area contributed by atoms with Gasteiger partial charge in [0.15, 0.2) is 5.82 Å². The predicted octanol–water partition coefficient (Wildman–Crippen LogP) is 4.67. The van der Waals surface area contributed by atoms with E-state index >= 15 is 0 Å². The van der Waals surface area contributed by atoms with Gasteiger partial charge >= 0.3 is 12.0 Å². The molecule has 2 heterocycles. The van der Waals surface area contributed by atoms with Gasteiger partial charge in [0.2, 0.25) is 0 Å². The number of ether oxygens (including phenoxy) is 3. The fraction of sp³-hybridized carbons (Fsp3) is 0.174. The number of nitrogens with zero attached hydrogens (tertiary/aromatic N) is 3. The zero-order valence-corrected chi connectivity index (χ0v) is 19.0. The highest BCUT2D eigenvalue weighted by molar-refractivity contribution is 7.13. The second-order valence-corrected chi connectivity index (χ2v) is 7.75. The SMILES string of the molecule is COCCOc1nc(-c2cccs2)n(-c2ccc(NC(=O)Nc3ccc(OC)cc3)cc2)n1. The van der Waals surface area contributed by atoms with E-state index in [2.05, 4.69) is 20.7 Å². The second-order valence-electron chi connectivity index (χ2n) is 6.80. The number of benzene rings is 2. The summed E-state index contributed by atoms with van der Waals surface area (Å²) in [7, 11) is 3.20. The number of hydrogen-bond donors (Lipinski definition) is 2. The number of aromatic nitrogens is 3. The summed E-state index contributed by atoms with van der Waals surface area (Å²) >= 11 is 1.56. The van der Waals surface area contributed by atoms with Crippen molar-refractivity contribution in [2.24, 2.45) is 0 Å². The van der Waals surface area contributed by atoms with Crippen LogP contribution in [0.25, 0.3) is 16.4 Å². The number of amides is 2. The summed E-state index contributed by atoms with van der Waals surface area (Å²) in [5.41, 5.74) is 2.09. The molecule has 0 spiro atoms. The molecule has 0 radical (unpaired) electrons. The molecule has 2 aromatic heterocycles. The molecule has 2 aromatic carbocycles. The number of urea groups is 1. The van der Waals surface area contributed by atoms with E-state index in [1.54, 1.807) is 66.6 Å². The van der Waals surface area contributed by atoms with Crippen LogP contribution in [0.5, 0.6) is 11.8 Å². The molecule has 4 rings (SSSR count). The van der Waals surface area contributed by atoms with Crippen molar-refractivity contribution in [3.05, 3.63) is 66.0 Å². The lowest BCUT2D eigenvalue weighted by Gasteiger charge is -2.09. The highest BCUT2D eigenvalue weighted by Crippen LogP contribution is 2.28. The summed E-state index contributed by atoms with van der Waals surface area (Å²) < 4.78 is 17.5. The number of thiophene rings is 1. The second kappa shape index (κ2) is 10.6. The Kier molecular flexibility index (Phi) is 7.18. The molecule has 0 aliphatic heterocycles. The first-order valence-electron chi connectivity index (χ1n) is 10.1. The van der Waals surface area contributed by atoms with Crippen molar-refractivity contribution in [3.8, 4) is 28.1 Å². The molecule has 2 N–H and O–H groups in total. The topological polar surface area (TPSA) is 99.5 Å². The molecule has 170 valence electrons. The van der Waals surface area contributed by atoms with Gasteiger partial charge in [-0.1, -0.05) is 6.07 Å². The lowest BCUT2D eigenvalue weighted by atomic mass is 10.2. The maximum Gasteiger partial charge on any atom is 0.336 e. The first kappa shape index (κ1) is 22.3. The van der Waals surface area contributed by atoms with Gasteiger partial charge in [-0.2, -0.15) is 4.98 Å². The van der Waals surface area contributed by atoms with Crippen molar-refractivity contribution in [1.29, 1.82) is 0 Å². The predicted molar refractivity (Wildman–Crippen MR) is 128 cm³/mol. The summed E-state index contributed by atoms with van der Waals surface area (Å²) in [5, 5.41) is 12.1. The molecule has 0 unspecified atom stereocenters. The van der Waals surface area contributed by atoms with Gasteiger partial charge in [0.05, 0.1) is 24.3 Å². The van der Waals surface area contributed by atoms with E-state index in [0.29, 0.717) is 30.4 Å². The van der Waals surface area contributed by atoms with Crippen LogP contribution in [0.2, 0.25) is 0 Å². The standard InChI is InChI=1S/C23H23N5O4S/c1-30-13-14-32-23-26-21(20-4-3-15-33-20)28(27-23)18-9-5-16(6-10-18)24-22(29)25-17-7-11-19(31-2)12-8-17/h3-12,15H,13-14H2,1-2H3,(H2,24,25,29). The van der Waals surface area contributed by atoms with E-state index in [1.807, 2.05) is 29.6 Å². The van der Waals surface area contributed by atoms with Gasteiger partial charge in [-0.3, -0.25) is 0 Å². The Morgan fingerprint density at radius 1 is 0.970 bits per heavy atom. The molecule has 2 amide bonds. The summed E-state index contributed by atoms with van der Waals surface area (Å²) in [5.74, 6) is 1.40. The zero-order valence-electron chi connectivity index (χ0n) is 18.1. The van der Waals surface area contributed by atoms with E-state index in [-0.39, 0.29) is 12.0 Å². The fourth-order valence-electron chi connectivity index (χ4n) is 2.97. The van der Waals surface area contributed by atoms with Crippen LogP contribution in [0.15, 0.2) is 66.0 Å². The minimum Gasteiger partial charge on any atom is -0.497 e. The van der Waals surface area contributed by atoms with Crippen molar-refractivity contribution in [3.63, 3.8) is 0 Å². The van der Waals surface area contributed by atoms with E-state index in [1.165, 1.54) is 0 Å². The van der Waals surface area contributed by atoms with Crippen molar-refractivity contribution < 1.29 is 19.0 Å². The summed E-state index contributed by atoms with van der Waals surface area (Å²) in [6, 6.07) is 18.3. The van der Waals surface area contributed by atoms with Crippen molar-refractivity contribution in [1.82, 2.24) is 14.8 Å².